The van der Waals surface area contributed by atoms with Crippen LogP contribution < -0.4 is 0 Å². The summed E-state index contributed by atoms with van der Waals surface area (Å²) in [6.45, 7) is 6.20. The van der Waals surface area contributed by atoms with Gasteiger partial charge in [0.15, 0.2) is 0 Å². The molecule has 0 heterocycles. The smallest absolute Gasteiger partial charge is 0.302 e. The third-order valence-electron chi connectivity index (χ3n) is 8.23. The number of carbonyl (C=O) groups is 2. The van der Waals surface area contributed by atoms with Crippen LogP contribution in [0.4, 0.5) is 0 Å². The highest BCUT2D eigenvalue weighted by Gasteiger charge is 2.67. The van der Waals surface area contributed by atoms with Crippen LogP contribution in [0.25, 0.3) is 0 Å². The van der Waals surface area contributed by atoms with Crippen LogP contribution in [0.5, 0.6) is 0 Å². The van der Waals surface area contributed by atoms with E-state index in [0.717, 1.165) is 25.7 Å². The molecule has 0 spiro atoms. The van der Waals surface area contributed by atoms with E-state index in [2.05, 4.69) is 13.8 Å². The van der Waals surface area contributed by atoms with E-state index in [4.69, 9.17) is 4.74 Å². The summed E-state index contributed by atoms with van der Waals surface area (Å²) < 4.78 is 5.75. The van der Waals surface area contributed by atoms with Gasteiger partial charge in [0.2, 0.25) is 0 Å². The minimum absolute atomic E-state index is 0.0524. The van der Waals surface area contributed by atoms with E-state index in [9.17, 15) is 9.59 Å². The zero-order valence-corrected chi connectivity index (χ0v) is 14.8. The lowest BCUT2D eigenvalue weighted by Crippen LogP contribution is -2.49. The average molecular weight is 318 g/mol. The largest absolute Gasteiger partial charge is 0.462 e. The fraction of sp³-hybridized carbons (Fsp3) is 0.900. The predicted molar refractivity (Wildman–Crippen MR) is 87.7 cm³/mol. The molecule has 0 bridgehead atoms. The molecule has 0 aromatic rings. The van der Waals surface area contributed by atoms with Crippen LogP contribution in [0, 0.1) is 34.5 Å². The number of fused-ring (bicyclic) bond motifs is 5. The van der Waals surface area contributed by atoms with Crippen molar-refractivity contribution in [1.29, 1.82) is 0 Å². The Morgan fingerprint density at radius 1 is 1.04 bits per heavy atom. The standard InChI is InChI=1S/C20H30O3/c1-12(21)23-16-8-4-6-15-18(22)17-13-7-5-10-19(13,2)11-9-14(17)20(15,16)3/h13-17H,4-11H2,1-3H3/t13-,14-,15+,16+,17-,19-,20+/m0/s1. The fourth-order valence-electron chi connectivity index (χ4n) is 7.14. The average Bonchev–Trinajstić information content (AvgIpc) is 2.97. The highest BCUT2D eigenvalue weighted by atomic mass is 16.5. The maximum atomic E-state index is 13.4. The van der Waals surface area contributed by atoms with Crippen LogP contribution >= 0.6 is 0 Å². The third-order valence-corrected chi connectivity index (χ3v) is 8.23. The van der Waals surface area contributed by atoms with Gasteiger partial charge in [-0.2, -0.15) is 0 Å². The third kappa shape index (κ3) is 2.01. The van der Waals surface area contributed by atoms with Crippen LogP contribution in [0.15, 0.2) is 0 Å². The molecule has 0 amide bonds. The number of esters is 1. The van der Waals surface area contributed by atoms with Gasteiger partial charge in [-0.3, -0.25) is 9.59 Å². The summed E-state index contributed by atoms with van der Waals surface area (Å²) in [5, 5.41) is 0. The Morgan fingerprint density at radius 2 is 1.83 bits per heavy atom. The molecule has 128 valence electrons. The lowest BCUT2D eigenvalue weighted by molar-refractivity contribution is -0.164. The monoisotopic (exact) mass is 318 g/mol. The van der Waals surface area contributed by atoms with Crippen molar-refractivity contribution < 1.29 is 14.3 Å². The lowest BCUT2D eigenvalue weighted by atomic mass is 9.55. The fourth-order valence-corrected chi connectivity index (χ4v) is 7.14. The van der Waals surface area contributed by atoms with E-state index >= 15 is 0 Å². The molecule has 4 fully saturated rings. The van der Waals surface area contributed by atoms with Crippen LogP contribution in [0.3, 0.4) is 0 Å². The van der Waals surface area contributed by atoms with Crippen LogP contribution in [-0.2, 0) is 14.3 Å². The number of hydrogen-bond donors (Lipinski definition) is 0. The van der Waals surface area contributed by atoms with Gasteiger partial charge < -0.3 is 4.74 Å². The summed E-state index contributed by atoms with van der Waals surface area (Å²) >= 11 is 0. The molecule has 23 heavy (non-hydrogen) atoms. The van der Waals surface area contributed by atoms with E-state index in [1.165, 1.54) is 32.6 Å². The molecule has 0 aliphatic heterocycles. The minimum atomic E-state index is -0.186. The van der Waals surface area contributed by atoms with Crippen LogP contribution in [0.2, 0.25) is 0 Å². The van der Waals surface area contributed by atoms with Gasteiger partial charge in [0.05, 0.1) is 0 Å². The van der Waals surface area contributed by atoms with Gasteiger partial charge in [-0.25, -0.2) is 0 Å². The maximum Gasteiger partial charge on any atom is 0.302 e. The van der Waals surface area contributed by atoms with E-state index in [-0.39, 0.29) is 29.3 Å². The quantitative estimate of drug-likeness (QED) is 0.682. The Bertz CT molecular complexity index is 541. The van der Waals surface area contributed by atoms with E-state index in [0.29, 0.717) is 23.0 Å². The van der Waals surface area contributed by atoms with Gasteiger partial charge in [0.25, 0.3) is 0 Å². The second-order valence-electron chi connectivity index (χ2n) is 9.17. The molecule has 3 heteroatoms. The summed E-state index contributed by atoms with van der Waals surface area (Å²) in [5.41, 5.74) is 0.271. The molecule has 0 N–H and O–H groups in total. The van der Waals surface area contributed by atoms with Crippen LogP contribution in [-0.4, -0.2) is 17.9 Å². The molecule has 4 saturated carbocycles. The summed E-state index contributed by atoms with van der Waals surface area (Å²) in [5.74, 6) is 1.71. The van der Waals surface area contributed by atoms with Crippen molar-refractivity contribution in [3.05, 3.63) is 0 Å². The zero-order chi connectivity index (χ0) is 16.4. The Labute approximate surface area is 139 Å². The molecule has 0 radical (unpaired) electrons. The highest BCUT2D eigenvalue weighted by molar-refractivity contribution is 5.88. The van der Waals surface area contributed by atoms with Crippen molar-refractivity contribution in [2.24, 2.45) is 34.5 Å². The number of rotatable bonds is 1. The number of ketones is 1. The zero-order valence-electron chi connectivity index (χ0n) is 14.8. The molecular weight excluding hydrogens is 288 g/mol. The van der Waals surface area contributed by atoms with Crippen LogP contribution in [0.1, 0.15) is 72.1 Å². The topological polar surface area (TPSA) is 43.4 Å². The summed E-state index contributed by atoms with van der Waals surface area (Å²) in [7, 11) is 0. The van der Waals surface area contributed by atoms with Gasteiger partial charge >= 0.3 is 5.97 Å². The van der Waals surface area contributed by atoms with Crippen molar-refractivity contribution in [2.45, 2.75) is 78.2 Å². The molecular formula is C20H30O3. The molecule has 4 rings (SSSR count). The van der Waals surface area contributed by atoms with Crippen molar-refractivity contribution in [3.63, 3.8) is 0 Å². The Balaban J connectivity index is 1.72. The molecule has 0 aromatic carbocycles. The molecule has 4 aliphatic rings. The first-order chi connectivity index (χ1) is 10.9. The predicted octanol–water partition coefficient (Wildman–Crippen LogP) is 4.14. The Kier molecular flexibility index (Phi) is 3.45. The number of ether oxygens (including phenoxy) is 1. The van der Waals surface area contributed by atoms with Crippen molar-refractivity contribution >= 4 is 11.8 Å². The highest BCUT2D eigenvalue weighted by Crippen LogP contribution is 2.67. The summed E-state index contributed by atoms with van der Waals surface area (Å²) in [6.07, 6.45) is 9.11. The van der Waals surface area contributed by atoms with Gasteiger partial charge in [0, 0.05) is 24.2 Å². The number of hydrogen-bond acceptors (Lipinski definition) is 3. The summed E-state index contributed by atoms with van der Waals surface area (Å²) in [6, 6.07) is 0. The second-order valence-corrected chi connectivity index (χ2v) is 9.17. The van der Waals surface area contributed by atoms with Crippen molar-refractivity contribution in [2.75, 3.05) is 0 Å². The van der Waals surface area contributed by atoms with E-state index in [1.54, 1.807) is 0 Å². The van der Waals surface area contributed by atoms with Gasteiger partial charge in [-0.15, -0.1) is 0 Å². The van der Waals surface area contributed by atoms with Crippen molar-refractivity contribution in [1.82, 2.24) is 0 Å². The normalized spacial score (nSPS) is 51.8. The Morgan fingerprint density at radius 3 is 2.57 bits per heavy atom. The number of carbonyl (C=O) groups excluding carboxylic acids is 2. The molecule has 4 aliphatic carbocycles. The van der Waals surface area contributed by atoms with E-state index in [1.807, 2.05) is 0 Å². The maximum absolute atomic E-state index is 13.4. The minimum Gasteiger partial charge on any atom is -0.462 e. The summed E-state index contributed by atoms with van der Waals surface area (Å²) in [4.78, 5) is 25.0. The first-order valence-corrected chi connectivity index (χ1v) is 9.59. The van der Waals surface area contributed by atoms with E-state index < -0.39 is 0 Å². The molecule has 7 atom stereocenters. The lowest BCUT2D eigenvalue weighted by Gasteiger charge is -2.50. The molecule has 0 aromatic heterocycles. The molecule has 0 saturated heterocycles. The van der Waals surface area contributed by atoms with Crippen molar-refractivity contribution in [3.8, 4) is 0 Å². The number of Topliss-reactive ketones (excluding diaryl/α,β-unsaturated/α-hetero) is 1. The van der Waals surface area contributed by atoms with Gasteiger partial charge in [-0.1, -0.05) is 20.3 Å². The van der Waals surface area contributed by atoms with Gasteiger partial charge in [0.1, 0.15) is 11.9 Å². The molecule has 3 nitrogen and oxygen atoms in total. The molecule has 0 unspecified atom stereocenters. The Hall–Kier alpha value is -0.860. The second kappa shape index (κ2) is 5.07. The first kappa shape index (κ1) is 15.7. The first-order valence-electron chi connectivity index (χ1n) is 9.59. The van der Waals surface area contributed by atoms with Gasteiger partial charge in [-0.05, 0) is 62.2 Å². The SMILES string of the molecule is CC(=O)O[C@@H]1CCC[C@@H]2C(=O)[C@H]3[C@@H]4CCC[C@@]4(C)CC[C@@H]3[C@]21C.